The van der Waals surface area contributed by atoms with Gasteiger partial charge in [-0.2, -0.15) is 5.10 Å². The standard InChI is InChI=1S/C16H19N3O2/c20-15(17-13-6-7-13)8-9-16(21)19-11-10-14(18-19)12-4-2-1-3-5-12/h1-5,13H,6-11H2,(H,17,20). The minimum Gasteiger partial charge on any atom is -0.353 e. The van der Waals surface area contributed by atoms with Crippen LogP contribution in [-0.2, 0) is 9.59 Å². The van der Waals surface area contributed by atoms with Gasteiger partial charge >= 0.3 is 0 Å². The van der Waals surface area contributed by atoms with Crippen LogP contribution in [0.5, 0.6) is 0 Å². The lowest BCUT2D eigenvalue weighted by molar-refractivity contribution is -0.133. The first-order valence-electron chi connectivity index (χ1n) is 7.45. The lowest BCUT2D eigenvalue weighted by atomic mass is 10.1. The molecule has 2 amide bonds. The Kier molecular flexibility index (Phi) is 3.99. The summed E-state index contributed by atoms with van der Waals surface area (Å²) in [4.78, 5) is 23.6. The molecule has 1 N–H and O–H groups in total. The van der Waals surface area contributed by atoms with Crippen LogP contribution in [0.15, 0.2) is 35.4 Å². The molecule has 110 valence electrons. The molecule has 0 aromatic heterocycles. The molecular formula is C16H19N3O2. The second-order valence-corrected chi connectivity index (χ2v) is 5.52. The number of nitrogens with one attached hydrogen (secondary N) is 1. The van der Waals surface area contributed by atoms with Gasteiger partial charge in [-0.25, -0.2) is 5.01 Å². The molecule has 5 heteroatoms. The summed E-state index contributed by atoms with van der Waals surface area (Å²) in [6.45, 7) is 0.604. The number of hydrazone groups is 1. The van der Waals surface area contributed by atoms with Gasteiger partial charge in [0.25, 0.3) is 0 Å². The molecule has 1 aromatic rings. The van der Waals surface area contributed by atoms with Crippen LogP contribution in [0.1, 0.15) is 37.7 Å². The van der Waals surface area contributed by atoms with Gasteiger partial charge in [0.05, 0.1) is 12.3 Å². The van der Waals surface area contributed by atoms with Gasteiger partial charge in [-0.05, 0) is 18.4 Å². The fourth-order valence-electron chi connectivity index (χ4n) is 2.35. The molecule has 0 radical (unpaired) electrons. The van der Waals surface area contributed by atoms with Gasteiger partial charge in [0.15, 0.2) is 0 Å². The predicted octanol–water partition coefficient (Wildman–Crippen LogP) is 1.68. The molecule has 0 atom stereocenters. The molecule has 1 aliphatic heterocycles. The van der Waals surface area contributed by atoms with Gasteiger partial charge in [-0.3, -0.25) is 9.59 Å². The molecule has 1 saturated carbocycles. The van der Waals surface area contributed by atoms with Crippen molar-refractivity contribution in [2.45, 2.75) is 38.1 Å². The fourth-order valence-corrected chi connectivity index (χ4v) is 2.35. The van der Waals surface area contributed by atoms with Crippen LogP contribution in [-0.4, -0.2) is 35.1 Å². The molecule has 1 fully saturated rings. The molecule has 0 bridgehead atoms. The Hall–Kier alpha value is -2.17. The highest BCUT2D eigenvalue weighted by Gasteiger charge is 2.25. The van der Waals surface area contributed by atoms with Crippen molar-refractivity contribution >= 4 is 17.5 Å². The number of carbonyl (C=O) groups excluding carboxylic acids is 2. The Morgan fingerprint density at radius 1 is 1.19 bits per heavy atom. The van der Waals surface area contributed by atoms with E-state index in [0.29, 0.717) is 12.6 Å². The van der Waals surface area contributed by atoms with Crippen LogP contribution in [0.3, 0.4) is 0 Å². The van der Waals surface area contributed by atoms with Crippen LogP contribution in [0.25, 0.3) is 0 Å². The third kappa shape index (κ3) is 3.68. The summed E-state index contributed by atoms with van der Waals surface area (Å²) in [5, 5.41) is 8.76. The monoisotopic (exact) mass is 285 g/mol. The topological polar surface area (TPSA) is 61.8 Å². The van der Waals surface area contributed by atoms with E-state index in [1.165, 1.54) is 5.01 Å². The first kappa shape index (κ1) is 13.8. The number of nitrogens with zero attached hydrogens (tertiary/aromatic N) is 2. The molecule has 5 nitrogen and oxygen atoms in total. The summed E-state index contributed by atoms with van der Waals surface area (Å²) < 4.78 is 0. The van der Waals surface area contributed by atoms with Crippen LogP contribution >= 0.6 is 0 Å². The highest BCUT2D eigenvalue weighted by Crippen LogP contribution is 2.19. The summed E-state index contributed by atoms with van der Waals surface area (Å²) in [5.41, 5.74) is 1.99. The number of carbonyl (C=O) groups is 2. The third-order valence-electron chi connectivity index (χ3n) is 3.71. The van der Waals surface area contributed by atoms with Crippen molar-refractivity contribution in [3.05, 3.63) is 35.9 Å². The maximum Gasteiger partial charge on any atom is 0.243 e. The number of amides is 2. The zero-order valence-corrected chi connectivity index (χ0v) is 11.9. The van der Waals surface area contributed by atoms with Gasteiger partial charge in [0.1, 0.15) is 0 Å². The average molecular weight is 285 g/mol. The van der Waals surface area contributed by atoms with E-state index in [1.54, 1.807) is 0 Å². The molecule has 3 rings (SSSR count). The number of hydrogen-bond acceptors (Lipinski definition) is 3. The van der Waals surface area contributed by atoms with E-state index in [2.05, 4.69) is 10.4 Å². The number of rotatable bonds is 5. The van der Waals surface area contributed by atoms with Crippen LogP contribution in [0.4, 0.5) is 0 Å². The molecule has 0 unspecified atom stereocenters. The summed E-state index contributed by atoms with van der Waals surface area (Å²) in [7, 11) is 0. The third-order valence-corrected chi connectivity index (χ3v) is 3.71. The average Bonchev–Trinajstić information content (AvgIpc) is 3.18. The summed E-state index contributed by atoms with van der Waals surface area (Å²) in [5.74, 6) is -0.107. The van der Waals surface area contributed by atoms with Gasteiger partial charge in [-0.15, -0.1) is 0 Å². The second-order valence-electron chi connectivity index (χ2n) is 5.52. The summed E-state index contributed by atoms with van der Waals surface area (Å²) in [6, 6.07) is 10.2. The predicted molar refractivity (Wildman–Crippen MR) is 79.7 cm³/mol. The second kappa shape index (κ2) is 6.08. The van der Waals surface area contributed by atoms with Crippen molar-refractivity contribution in [3.63, 3.8) is 0 Å². The molecule has 21 heavy (non-hydrogen) atoms. The zero-order valence-electron chi connectivity index (χ0n) is 11.9. The summed E-state index contributed by atoms with van der Waals surface area (Å²) in [6.07, 6.45) is 3.38. The minimum atomic E-state index is -0.0770. The van der Waals surface area contributed by atoms with Crippen molar-refractivity contribution in [1.82, 2.24) is 10.3 Å². The van der Waals surface area contributed by atoms with E-state index >= 15 is 0 Å². The molecular weight excluding hydrogens is 266 g/mol. The largest absolute Gasteiger partial charge is 0.353 e. The zero-order chi connectivity index (χ0) is 14.7. The SMILES string of the molecule is O=C(CCC(=O)N1CCC(c2ccccc2)=N1)NC1CC1. The van der Waals surface area contributed by atoms with E-state index in [-0.39, 0.29) is 24.7 Å². The Labute approximate surface area is 124 Å². The number of benzene rings is 1. The van der Waals surface area contributed by atoms with Crippen molar-refractivity contribution < 1.29 is 9.59 Å². The Morgan fingerprint density at radius 3 is 2.67 bits per heavy atom. The maximum atomic E-state index is 12.1. The normalized spacial score (nSPS) is 17.5. The van der Waals surface area contributed by atoms with Gasteiger partial charge in [-0.1, -0.05) is 30.3 Å². The maximum absolute atomic E-state index is 12.1. The summed E-state index contributed by atoms with van der Waals surface area (Å²) >= 11 is 0. The first-order valence-corrected chi connectivity index (χ1v) is 7.45. The molecule has 0 saturated heterocycles. The van der Waals surface area contributed by atoms with Crippen LogP contribution < -0.4 is 5.32 Å². The highest BCUT2D eigenvalue weighted by atomic mass is 16.2. The smallest absolute Gasteiger partial charge is 0.243 e. The Morgan fingerprint density at radius 2 is 1.95 bits per heavy atom. The van der Waals surface area contributed by atoms with Crippen molar-refractivity contribution in [1.29, 1.82) is 0 Å². The molecule has 1 aromatic carbocycles. The Balaban J connectivity index is 1.51. The molecule has 0 spiro atoms. The van der Waals surface area contributed by atoms with Crippen LogP contribution in [0, 0.1) is 0 Å². The van der Waals surface area contributed by atoms with Gasteiger partial charge < -0.3 is 5.32 Å². The molecule has 1 heterocycles. The van der Waals surface area contributed by atoms with Gasteiger partial charge in [0.2, 0.25) is 11.8 Å². The van der Waals surface area contributed by atoms with Crippen molar-refractivity contribution in [2.75, 3.05) is 6.54 Å². The van der Waals surface area contributed by atoms with Crippen molar-refractivity contribution in [2.24, 2.45) is 5.10 Å². The van der Waals surface area contributed by atoms with E-state index < -0.39 is 0 Å². The Bertz CT molecular complexity index is 564. The fraction of sp³-hybridized carbons (Fsp3) is 0.438. The number of hydrogen-bond donors (Lipinski definition) is 1. The van der Waals surface area contributed by atoms with E-state index in [4.69, 9.17) is 0 Å². The van der Waals surface area contributed by atoms with E-state index in [1.807, 2.05) is 30.3 Å². The van der Waals surface area contributed by atoms with E-state index in [0.717, 1.165) is 30.5 Å². The lowest BCUT2D eigenvalue weighted by Gasteiger charge is -2.11. The van der Waals surface area contributed by atoms with Gasteiger partial charge in [0, 0.05) is 25.3 Å². The van der Waals surface area contributed by atoms with E-state index in [9.17, 15) is 9.59 Å². The minimum absolute atomic E-state index is 0.0303. The first-order chi connectivity index (χ1) is 10.2. The van der Waals surface area contributed by atoms with Crippen LogP contribution in [0.2, 0.25) is 0 Å². The molecule has 2 aliphatic rings. The highest BCUT2D eigenvalue weighted by molar-refractivity contribution is 6.02. The molecule has 1 aliphatic carbocycles. The lowest BCUT2D eigenvalue weighted by Crippen LogP contribution is -2.28. The quantitative estimate of drug-likeness (QED) is 0.894. The van der Waals surface area contributed by atoms with Crippen molar-refractivity contribution in [3.8, 4) is 0 Å².